The van der Waals surface area contributed by atoms with E-state index in [1.54, 1.807) is 26.8 Å². The van der Waals surface area contributed by atoms with Gasteiger partial charge in [0, 0.05) is 24.6 Å². The van der Waals surface area contributed by atoms with Gasteiger partial charge in [-0.1, -0.05) is 30.0 Å². The molecule has 0 aliphatic rings. The van der Waals surface area contributed by atoms with Crippen LogP contribution in [0.2, 0.25) is 0 Å². The van der Waals surface area contributed by atoms with Crippen molar-refractivity contribution in [2.24, 2.45) is 0 Å². The number of hydrogen-bond donors (Lipinski definition) is 2. The Morgan fingerprint density at radius 2 is 2.00 bits per heavy atom. The first-order valence-corrected chi connectivity index (χ1v) is 7.24. The fraction of sp³-hybridized carbons (Fsp3) is 0.333. The van der Waals surface area contributed by atoms with Gasteiger partial charge in [0.1, 0.15) is 5.60 Å². The highest BCUT2D eigenvalue weighted by Gasteiger charge is 2.15. The molecular formula is C18H21NO4. The van der Waals surface area contributed by atoms with E-state index in [1.807, 2.05) is 18.2 Å². The molecule has 0 aliphatic carbocycles. The number of carboxylic acids is 1. The third kappa shape index (κ3) is 8.32. The second-order valence-corrected chi connectivity index (χ2v) is 5.74. The van der Waals surface area contributed by atoms with Gasteiger partial charge in [-0.05, 0) is 38.5 Å². The first-order valence-electron chi connectivity index (χ1n) is 7.24. The Bertz CT molecular complexity index is 645. The third-order valence-electron chi connectivity index (χ3n) is 2.51. The predicted octanol–water partition coefficient (Wildman–Crippen LogP) is 3.05. The number of hydrogen-bond acceptors (Lipinski definition) is 3. The molecule has 23 heavy (non-hydrogen) atoms. The molecule has 0 saturated carbocycles. The average Bonchev–Trinajstić information content (AvgIpc) is 2.43. The van der Waals surface area contributed by atoms with Gasteiger partial charge in [0.15, 0.2) is 0 Å². The maximum atomic E-state index is 11.4. The number of carbonyl (C=O) groups excluding carboxylic acids is 1. The molecule has 0 atom stereocenters. The molecule has 1 rings (SSSR count). The van der Waals surface area contributed by atoms with Gasteiger partial charge in [-0.25, -0.2) is 9.59 Å². The monoisotopic (exact) mass is 315 g/mol. The second-order valence-electron chi connectivity index (χ2n) is 5.74. The minimum atomic E-state index is -1.01. The van der Waals surface area contributed by atoms with E-state index in [2.05, 4.69) is 17.2 Å². The summed E-state index contributed by atoms with van der Waals surface area (Å²) < 4.78 is 5.11. The van der Waals surface area contributed by atoms with Crippen molar-refractivity contribution in [1.29, 1.82) is 0 Å². The lowest BCUT2D eigenvalue weighted by molar-refractivity contribution is -0.131. The summed E-state index contributed by atoms with van der Waals surface area (Å²) >= 11 is 0. The van der Waals surface area contributed by atoms with E-state index in [0.717, 1.165) is 17.2 Å². The van der Waals surface area contributed by atoms with Gasteiger partial charge in [-0.3, -0.25) is 0 Å². The summed E-state index contributed by atoms with van der Waals surface area (Å²) in [5.41, 5.74) is 0.954. The van der Waals surface area contributed by atoms with Crippen LogP contribution in [0.3, 0.4) is 0 Å². The van der Waals surface area contributed by atoms with Crippen LogP contribution < -0.4 is 5.32 Å². The smallest absolute Gasteiger partial charge is 0.407 e. The minimum Gasteiger partial charge on any atom is -0.478 e. The molecule has 0 fully saturated rings. The summed E-state index contributed by atoms with van der Waals surface area (Å²) in [5, 5.41) is 11.3. The SMILES string of the molecule is CC(C)(C)OC(=O)NCCC#Cc1ccccc1/C=C/C(=O)O. The first-order chi connectivity index (χ1) is 10.8. The second kappa shape index (κ2) is 8.64. The number of aliphatic carboxylic acids is 1. The van der Waals surface area contributed by atoms with Crippen molar-refractivity contribution in [2.45, 2.75) is 32.8 Å². The van der Waals surface area contributed by atoms with Crippen molar-refractivity contribution in [3.05, 3.63) is 41.5 Å². The Labute approximate surface area is 136 Å². The van der Waals surface area contributed by atoms with Gasteiger partial charge < -0.3 is 15.2 Å². The van der Waals surface area contributed by atoms with Gasteiger partial charge in [-0.2, -0.15) is 0 Å². The molecule has 5 heteroatoms. The van der Waals surface area contributed by atoms with E-state index >= 15 is 0 Å². The Morgan fingerprint density at radius 3 is 2.65 bits per heavy atom. The van der Waals surface area contributed by atoms with Crippen LogP contribution in [0.25, 0.3) is 6.08 Å². The molecule has 1 amide bonds. The quantitative estimate of drug-likeness (QED) is 0.509. The van der Waals surface area contributed by atoms with Crippen LogP contribution in [0.1, 0.15) is 38.3 Å². The van der Waals surface area contributed by atoms with Crippen molar-refractivity contribution in [2.75, 3.05) is 6.54 Å². The van der Waals surface area contributed by atoms with E-state index in [1.165, 1.54) is 6.08 Å². The van der Waals surface area contributed by atoms with Gasteiger partial charge in [0.2, 0.25) is 0 Å². The first kappa shape index (κ1) is 18.3. The largest absolute Gasteiger partial charge is 0.478 e. The Kier molecular flexibility index (Phi) is 6.88. The number of benzene rings is 1. The van der Waals surface area contributed by atoms with E-state index in [9.17, 15) is 9.59 Å². The van der Waals surface area contributed by atoms with Crippen molar-refractivity contribution in [3.8, 4) is 11.8 Å². The molecule has 0 aromatic heterocycles. The lowest BCUT2D eigenvalue weighted by Gasteiger charge is -2.19. The molecule has 1 aromatic carbocycles. The van der Waals surface area contributed by atoms with Crippen molar-refractivity contribution >= 4 is 18.1 Å². The van der Waals surface area contributed by atoms with Gasteiger partial charge in [0.25, 0.3) is 0 Å². The van der Waals surface area contributed by atoms with Crippen molar-refractivity contribution < 1.29 is 19.4 Å². The number of rotatable bonds is 4. The van der Waals surface area contributed by atoms with Crippen LogP contribution in [0.5, 0.6) is 0 Å². The fourth-order valence-electron chi connectivity index (χ4n) is 1.62. The number of alkyl carbamates (subject to hydrolysis) is 1. The topological polar surface area (TPSA) is 75.6 Å². The number of amides is 1. The average molecular weight is 315 g/mol. The number of carbonyl (C=O) groups is 2. The Hall–Kier alpha value is -2.74. The number of ether oxygens (including phenoxy) is 1. The van der Waals surface area contributed by atoms with Gasteiger partial charge >= 0.3 is 12.1 Å². The molecule has 0 bridgehead atoms. The molecule has 0 saturated heterocycles. The van der Waals surface area contributed by atoms with E-state index in [-0.39, 0.29) is 0 Å². The summed E-state index contributed by atoms with van der Waals surface area (Å²) in [6.07, 6.45) is 2.58. The van der Waals surface area contributed by atoms with Crippen LogP contribution >= 0.6 is 0 Å². The van der Waals surface area contributed by atoms with Crippen LogP contribution in [-0.4, -0.2) is 29.3 Å². The van der Waals surface area contributed by atoms with Crippen LogP contribution in [0, 0.1) is 11.8 Å². The van der Waals surface area contributed by atoms with Crippen LogP contribution in [-0.2, 0) is 9.53 Å². The van der Waals surface area contributed by atoms with Crippen molar-refractivity contribution in [3.63, 3.8) is 0 Å². The molecule has 5 nitrogen and oxygen atoms in total. The molecule has 0 spiro atoms. The highest BCUT2D eigenvalue weighted by atomic mass is 16.6. The molecule has 122 valence electrons. The Morgan fingerprint density at radius 1 is 1.30 bits per heavy atom. The van der Waals surface area contributed by atoms with Gasteiger partial charge in [-0.15, -0.1) is 0 Å². The molecule has 2 N–H and O–H groups in total. The van der Waals surface area contributed by atoms with Crippen molar-refractivity contribution in [1.82, 2.24) is 5.32 Å². The van der Waals surface area contributed by atoms with E-state index in [4.69, 9.17) is 9.84 Å². The van der Waals surface area contributed by atoms with E-state index < -0.39 is 17.7 Å². The number of carboxylic acid groups (broad SMARTS) is 1. The summed E-state index contributed by atoms with van der Waals surface area (Å²) in [5.74, 6) is 4.91. The minimum absolute atomic E-state index is 0.384. The lowest BCUT2D eigenvalue weighted by Crippen LogP contribution is -2.32. The Balaban J connectivity index is 2.54. The summed E-state index contributed by atoms with van der Waals surface area (Å²) in [6.45, 7) is 5.78. The van der Waals surface area contributed by atoms with Gasteiger partial charge in [0.05, 0.1) is 0 Å². The zero-order valence-electron chi connectivity index (χ0n) is 13.6. The molecule has 0 heterocycles. The predicted molar refractivity (Wildman–Crippen MR) is 88.8 cm³/mol. The van der Waals surface area contributed by atoms with Crippen LogP contribution in [0.4, 0.5) is 4.79 Å². The third-order valence-corrected chi connectivity index (χ3v) is 2.51. The maximum Gasteiger partial charge on any atom is 0.407 e. The molecular weight excluding hydrogens is 294 g/mol. The zero-order valence-corrected chi connectivity index (χ0v) is 13.6. The molecule has 0 aliphatic heterocycles. The molecule has 1 aromatic rings. The summed E-state index contributed by atoms with van der Waals surface area (Å²) in [6, 6.07) is 7.26. The van der Waals surface area contributed by atoms with E-state index in [0.29, 0.717) is 13.0 Å². The highest BCUT2D eigenvalue weighted by molar-refractivity contribution is 5.85. The fourth-order valence-corrected chi connectivity index (χ4v) is 1.62. The lowest BCUT2D eigenvalue weighted by atomic mass is 10.1. The normalized spacial score (nSPS) is 10.7. The summed E-state index contributed by atoms with van der Waals surface area (Å²) in [4.78, 5) is 22.0. The maximum absolute atomic E-state index is 11.4. The molecule has 0 unspecified atom stereocenters. The standard InChI is InChI=1S/C18H21NO4/c1-18(2,3)23-17(22)19-13-7-6-10-14-8-4-5-9-15(14)11-12-16(20)21/h4-5,8-9,11-12H,7,13H2,1-3H3,(H,19,22)(H,20,21)/b12-11+. The molecule has 0 radical (unpaired) electrons. The zero-order chi connectivity index (χ0) is 17.3. The number of nitrogens with one attached hydrogen (secondary N) is 1. The summed E-state index contributed by atoms with van der Waals surface area (Å²) in [7, 11) is 0. The highest BCUT2D eigenvalue weighted by Crippen LogP contribution is 2.09. The van der Waals surface area contributed by atoms with Crippen LogP contribution in [0.15, 0.2) is 30.3 Å².